The number of ketones is 1. The van der Waals surface area contributed by atoms with Gasteiger partial charge in [0.2, 0.25) is 0 Å². The number of imide groups is 1. The van der Waals surface area contributed by atoms with Crippen molar-refractivity contribution in [2.24, 2.45) is 0 Å². The van der Waals surface area contributed by atoms with Crippen LogP contribution in [0.2, 0.25) is 10.0 Å². The lowest BCUT2D eigenvalue weighted by Gasteiger charge is -2.16. The SMILES string of the molecule is Cc1ccccc1N1C(=O)c2ccc(C(=O)OCC(=O)c3ccc(Cl)c(Cl)c3)cc2C1=O. The Labute approximate surface area is 193 Å². The van der Waals surface area contributed by atoms with Crippen LogP contribution in [0.15, 0.2) is 60.7 Å². The van der Waals surface area contributed by atoms with Crippen LogP contribution in [0.4, 0.5) is 5.69 Å². The van der Waals surface area contributed by atoms with E-state index in [4.69, 9.17) is 27.9 Å². The van der Waals surface area contributed by atoms with Gasteiger partial charge in [0.15, 0.2) is 12.4 Å². The van der Waals surface area contributed by atoms with Crippen LogP contribution in [0.3, 0.4) is 0 Å². The predicted octanol–water partition coefficient (Wildman–Crippen LogP) is 5.14. The summed E-state index contributed by atoms with van der Waals surface area (Å²) in [6.45, 7) is 1.28. The minimum absolute atomic E-state index is 0.0541. The fourth-order valence-electron chi connectivity index (χ4n) is 3.37. The van der Waals surface area contributed by atoms with Crippen molar-refractivity contribution in [2.45, 2.75) is 6.92 Å². The molecule has 1 aliphatic heterocycles. The Morgan fingerprint density at radius 1 is 0.844 bits per heavy atom. The van der Waals surface area contributed by atoms with Crippen LogP contribution in [-0.4, -0.2) is 30.2 Å². The standard InChI is InChI=1S/C24H15Cl2NO5/c1-13-4-2-3-5-20(13)27-22(29)16-8-6-15(10-17(16)23(27)30)24(31)32-12-21(28)14-7-9-18(25)19(26)11-14/h2-11H,12H2,1H3. The fraction of sp³-hybridized carbons (Fsp3) is 0.0833. The van der Waals surface area contributed by atoms with Crippen molar-refractivity contribution >= 4 is 52.5 Å². The maximum Gasteiger partial charge on any atom is 0.338 e. The van der Waals surface area contributed by atoms with Gasteiger partial charge in [0.25, 0.3) is 11.8 Å². The minimum Gasteiger partial charge on any atom is -0.454 e. The molecular formula is C24H15Cl2NO5. The zero-order valence-corrected chi connectivity index (χ0v) is 18.2. The van der Waals surface area contributed by atoms with E-state index in [1.54, 1.807) is 25.1 Å². The van der Waals surface area contributed by atoms with Gasteiger partial charge in [-0.15, -0.1) is 0 Å². The molecule has 8 heteroatoms. The first-order valence-corrected chi connectivity index (χ1v) is 10.3. The molecule has 0 N–H and O–H groups in total. The normalized spacial score (nSPS) is 12.7. The van der Waals surface area contributed by atoms with E-state index in [2.05, 4.69) is 0 Å². The van der Waals surface area contributed by atoms with Crippen LogP contribution < -0.4 is 4.90 Å². The van der Waals surface area contributed by atoms with E-state index < -0.39 is 30.2 Å². The summed E-state index contributed by atoms with van der Waals surface area (Å²) in [5.74, 6) is -2.25. The number of hydrogen-bond acceptors (Lipinski definition) is 5. The lowest BCUT2D eigenvalue weighted by molar-refractivity contribution is 0.0474. The molecule has 0 saturated heterocycles. The second kappa shape index (κ2) is 8.57. The summed E-state index contributed by atoms with van der Waals surface area (Å²) in [6, 6.07) is 15.5. The van der Waals surface area contributed by atoms with E-state index in [-0.39, 0.29) is 27.3 Å². The van der Waals surface area contributed by atoms with Gasteiger partial charge in [-0.2, -0.15) is 0 Å². The maximum absolute atomic E-state index is 12.9. The molecule has 0 atom stereocenters. The van der Waals surface area contributed by atoms with Crippen LogP contribution in [0.25, 0.3) is 0 Å². The lowest BCUT2D eigenvalue weighted by atomic mass is 10.1. The van der Waals surface area contributed by atoms with Crippen LogP contribution in [0, 0.1) is 6.92 Å². The van der Waals surface area contributed by atoms with Crippen molar-refractivity contribution in [3.63, 3.8) is 0 Å². The molecule has 3 aromatic rings. The van der Waals surface area contributed by atoms with Crippen LogP contribution >= 0.6 is 23.2 Å². The molecular weight excluding hydrogens is 453 g/mol. The molecule has 0 spiro atoms. The van der Waals surface area contributed by atoms with Gasteiger partial charge < -0.3 is 4.74 Å². The summed E-state index contributed by atoms with van der Waals surface area (Å²) >= 11 is 11.7. The van der Waals surface area contributed by atoms with E-state index in [0.29, 0.717) is 10.7 Å². The second-order valence-electron chi connectivity index (χ2n) is 7.12. The number of amides is 2. The third kappa shape index (κ3) is 3.90. The average Bonchev–Trinajstić information content (AvgIpc) is 3.03. The van der Waals surface area contributed by atoms with Gasteiger partial charge in [-0.3, -0.25) is 14.4 Å². The van der Waals surface area contributed by atoms with E-state index in [1.807, 2.05) is 6.07 Å². The molecule has 1 aliphatic rings. The molecule has 0 aromatic heterocycles. The highest BCUT2D eigenvalue weighted by Crippen LogP contribution is 2.31. The molecule has 0 saturated carbocycles. The number of benzene rings is 3. The quantitative estimate of drug-likeness (QED) is 0.294. The number of Topliss-reactive ketones (excluding diaryl/α,β-unsaturated/α-hetero) is 1. The Hall–Kier alpha value is -3.48. The fourth-order valence-corrected chi connectivity index (χ4v) is 3.67. The number of hydrogen-bond donors (Lipinski definition) is 0. The average molecular weight is 468 g/mol. The number of carbonyl (C=O) groups is 4. The zero-order valence-electron chi connectivity index (χ0n) is 16.7. The third-order valence-corrected chi connectivity index (χ3v) is 5.79. The highest BCUT2D eigenvalue weighted by molar-refractivity contribution is 6.42. The van der Waals surface area contributed by atoms with Crippen molar-refractivity contribution < 1.29 is 23.9 Å². The Morgan fingerprint density at radius 3 is 2.25 bits per heavy atom. The van der Waals surface area contributed by atoms with Gasteiger partial charge in [0.1, 0.15) is 0 Å². The molecule has 4 rings (SSSR count). The summed E-state index contributed by atoms with van der Waals surface area (Å²) < 4.78 is 5.09. The molecule has 0 fully saturated rings. The Balaban J connectivity index is 1.51. The van der Waals surface area contributed by atoms with Gasteiger partial charge in [0, 0.05) is 5.56 Å². The van der Waals surface area contributed by atoms with Crippen molar-refractivity contribution in [3.05, 3.63) is 98.5 Å². The molecule has 0 radical (unpaired) electrons. The summed E-state index contributed by atoms with van der Waals surface area (Å²) in [4.78, 5) is 51.5. The topological polar surface area (TPSA) is 80.8 Å². The molecule has 0 bridgehead atoms. The molecule has 32 heavy (non-hydrogen) atoms. The van der Waals surface area contributed by atoms with Crippen molar-refractivity contribution in [1.82, 2.24) is 0 Å². The smallest absolute Gasteiger partial charge is 0.338 e. The van der Waals surface area contributed by atoms with Gasteiger partial charge in [-0.1, -0.05) is 41.4 Å². The number of carbonyl (C=O) groups excluding carboxylic acids is 4. The molecule has 160 valence electrons. The Bertz CT molecular complexity index is 1300. The second-order valence-corrected chi connectivity index (χ2v) is 7.94. The third-order valence-electron chi connectivity index (χ3n) is 5.05. The Kier molecular flexibility index (Phi) is 5.82. The summed E-state index contributed by atoms with van der Waals surface area (Å²) in [5.41, 5.74) is 1.84. The van der Waals surface area contributed by atoms with Crippen LogP contribution in [-0.2, 0) is 4.74 Å². The van der Waals surface area contributed by atoms with Gasteiger partial charge >= 0.3 is 5.97 Å². The van der Waals surface area contributed by atoms with Crippen molar-refractivity contribution in [1.29, 1.82) is 0 Å². The van der Waals surface area contributed by atoms with Crippen LogP contribution in [0.5, 0.6) is 0 Å². The first-order valence-electron chi connectivity index (χ1n) is 9.52. The van der Waals surface area contributed by atoms with E-state index in [9.17, 15) is 19.2 Å². The summed E-state index contributed by atoms with van der Waals surface area (Å²) in [5, 5.41) is 0.515. The Morgan fingerprint density at radius 2 is 1.53 bits per heavy atom. The number of nitrogens with zero attached hydrogens (tertiary/aromatic N) is 1. The monoisotopic (exact) mass is 467 g/mol. The minimum atomic E-state index is -0.796. The highest BCUT2D eigenvalue weighted by atomic mass is 35.5. The number of para-hydroxylation sites is 1. The first kappa shape index (κ1) is 21.7. The van der Waals surface area contributed by atoms with Gasteiger partial charge in [-0.05, 0) is 55.0 Å². The predicted molar refractivity (Wildman–Crippen MR) is 120 cm³/mol. The largest absolute Gasteiger partial charge is 0.454 e. The number of esters is 1. The lowest BCUT2D eigenvalue weighted by Crippen LogP contribution is -2.29. The van der Waals surface area contributed by atoms with Crippen molar-refractivity contribution in [2.75, 3.05) is 11.5 Å². The number of fused-ring (bicyclic) bond motifs is 1. The molecule has 0 unspecified atom stereocenters. The van der Waals surface area contributed by atoms with Crippen LogP contribution in [0.1, 0.15) is 47.0 Å². The summed E-state index contributed by atoms with van der Waals surface area (Å²) in [7, 11) is 0. The number of aryl methyl sites for hydroxylation is 1. The zero-order chi connectivity index (χ0) is 23.0. The maximum atomic E-state index is 12.9. The van der Waals surface area contributed by atoms with E-state index in [1.165, 1.54) is 36.4 Å². The number of rotatable bonds is 5. The van der Waals surface area contributed by atoms with Gasteiger partial charge in [-0.25, -0.2) is 9.69 Å². The molecule has 2 amide bonds. The highest BCUT2D eigenvalue weighted by Gasteiger charge is 2.37. The van der Waals surface area contributed by atoms with Crippen molar-refractivity contribution in [3.8, 4) is 0 Å². The molecule has 0 aliphatic carbocycles. The first-order chi connectivity index (χ1) is 15.3. The number of halogens is 2. The van der Waals surface area contributed by atoms with E-state index in [0.717, 1.165) is 10.5 Å². The number of anilines is 1. The molecule has 3 aromatic carbocycles. The van der Waals surface area contributed by atoms with E-state index >= 15 is 0 Å². The van der Waals surface area contributed by atoms with Gasteiger partial charge in [0.05, 0.1) is 32.4 Å². The molecule has 1 heterocycles. The molecule has 6 nitrogen and oxygen atoms in total. The summed E-state index contributed by atoms with van der Waals surface area (Å²) in [6.07, 6.45) is 0. The number of ether oxygens (including phenoxy) is 1.